The molecule has 0 N–H and O–H groups in total. The Morgan fingerprint density at radius 2 is 2.18 bits per heavy atom. The van der Waals surface area contributed by atoms with Gasteiger partial charge >= 0.3 is 0 Å². The molecule has 0 bridgehead atoms. The Bertz CT molecular complexity index is 169. The number of rotatable bonds is 0. The molecule has 0 aromatic rings. The predicted octanol–water partition coefficient (Wildman–Crippen LogP) is 0.767. The van der Waals surface area contributed by atoms with E-state index < -0.39 is 0 Å². The maximum atomic E-state index is 5.98. The van der Waals surface area contributed by atoms with Crippen molar-refractivity contribution in [3.63, 3.8) is 0 Å². The van der Waals surface area contributed by atoms with Gasteiger partial charge < -0.3 is 9.47 Å². The summed E-state index contributed by atoms with van der Waals surface area (Å²) in [6, 6.07) is 0. The SMILES string of the molecule is [B][C@]1(C)CO[C@@H]2[C@@H](C)CO[C@@H]21. The molecule has 0 aromatic carbocycles. The molecule has 11 heavy (non-hydrogen) atoms. The smallest absolute Gasteiger partial charge is 0.0882 e. The molecule has 2 saturated heterocycles. The van der Waals surface area contributed by atoms with E-state index in [0.717, 1.165) is 6.61 Å². The average molecular weight is 152 g/mol. The minimum absolute atomic E-state index is 0.123. The van der Waals surface area contributed by atoms with Crippen LogP contribution in [0.1, 0.15) is 13.8 Å². The van der Waals surface area contributed by atoms with E-state index in [1.54, 1.807) is 0 Å². The number of fused-ring (bicyclic) bond motifs is 1. The molecule has 2 aliphatic rings. The first-order valence-corrected chi connectivity index (χ1v) is 4.13. The van der Waals surface area contributed by atoms with Crippen LogP contribution >= 0.6 is 0 Å². The number of hydrogen-bond acceptors (Lipinski definition) is 2. The molecule has 2 heterocycles. The highest BCUT2D eigenvalue weighted by Gasteiger charge is 2.49. The highest BCUT2D eigenvalue weighted by atomic mass is 16.6. The Labute approximate surface area is 68.7 Å². The van der Waals surface area contributed by atoms with Crippen LogP contribution in [-0.4, -0.2) is 33.3 Å². The quantitative estimate of drug-likeness (QED) is 0.477. The molecule has 2 nitrogen and oxygen atoms in total. The zero-order chi connectivity index (χ0) is 8.06. The van der Waals surface area contributed by atoms with Crippen LogP contribution in [-0.2, 0) is 9.47 Å². The lowest BCUT2D eigenvalue weighted by molar-refractivity contribution is 0.0637. The van der Waals surface area contributed by atoms with E-state index in [4.69, 9.17) is 17.3 Å². The van der Waals surface area contributed by atoms with Crippen LogP contribution in [0.3, 0.4) is 0 Å². The van der Waals surface area contributed by atoms with Gasteiger partial charge in [0.2, 0.25) is 0 Å². The summed E-state index contributed by atoms with van der Waals surface area (Å²) in [4.78, 5) is 0. The van der Waals surface area contributed by atoms with Gasteiger partial charge in [0.25, 0.3) is 0 Å². The van der Waals surface area contributed by atoms with E-state index in [1.165, 1.54) is 0 Å². The summed E-state index contributed by atoms with van der Waals surface area (Å²) in [6.45, 7) is 5.57. The van der Waals surface area contributed by atoms with E-state index in [-0.39, 0.29) is 17.5 Å². The molecule has 0 unspecified atom stereocenters. The van der Waals surface area contributed by atoms with Crippen molar-refractivity contribution in [2.45, 2.75) is 31.4 Å². The molecule has 0 aromatic heterocycles. The molecule has 0 amide bonds. The van der Waals surface area contributed by atoms with E-state index in [0.29, 0.717) is 12.5 Å². The molecule has 0 spiro atoms. The Morgan fingerprint density at radius 1 is 1.45 bits per heavy atom. The minimum Gasteiger partial charge on any atom is -0.375 e. The van der Waals surface area contributed by atoms with Gasteiger partial charge in [0.15, 0.2) is 0 Å². The topological polar surface area (TPSA) is 18.5 Å². The van der Waals surface area contributed by atoms with Crippen LogP contribution in [0, 0.1) is 5.92 Å². The van der Waals surface area contributed by atoms with Gasteiger partial charge in [-0.3, -0.25) is 0 Å². The van der Waals surface area contributed by atoms with Crippen molar-refractivity contribution in [3.05, 3.63) is 0 Å². The van der Waals surface area contributed by atoms with Crippen molar-refractivity contribution in [1.82, 2.24) is 0 Å². The largest absolute Gasteiger partial charge is 0.375 e. The van der Waals surface area contributed by atoms with E-state index >= 15 is 0 Å². The van der Waals surface area contributed by atoms with Crippen LogP contribution < -0.4 is 0 Å². The molecule has 3 heteroatoms. The van der Waals surface area contributed by atoms with Gasteiger partial charge in [0, 0.05) is 12.5 Å². The standard InChI is InChI=1S/C8H13BO2/c1-5-3-10-7-6(5)11-4-8(7,2)9/h5-7H,3-4H2,1-2H3/t5-,6+,7-,8+/m0/s1. The maximum Gasteiger partial charge on any atom is 0.0882 e. The average Bonchev–Trinajstić information content (AvgIpc) is 2.39. The van der Waals surface area contributed by atoms with Crippen LogP contribution in [0.2, 0.25) is 5.31 Å². The predicted molar refractivity (Wildman–Crippen MR) is 42.8 cm³/mol. The van der Waals surface area contributed by atoms with Crippen molar-refractivity contribution in [1.29, 1.82) is 0 Å². The fourth-order valence-corrected chi connectivity index (χ4v) is 1.92. The van der Waals surface area contributed by atoms with Gasteiger partial charge in [-0.2, -0.15) is 0 Å². The molecule has 0 saturated carbocycles. The fourth-order valence-electron chi connectivity index (χ4n) is 1.92. The van der Waals surface area contributed by atoms with Crippen molar-refractivity contribution in [3.8, 4) is 0 Å². The van der Waals surface area contributed by atoms with Crippen LogP contribution in [0.15, 0.2) is 0 Å². The van der Waals surface area contributed by atoms with Gasteiger partial charge in [-0.05, 0) is 5.31 Å². The summed E-state index contributed by atoms with van der Waals surface area (Å²) < 4.78 is 11.1. The Morgan fingerprint density at radius 3 is 2.82 bits per heavy atom. The highest BCUT2D eigenvalue weighted by Crippen LogP contribution is 2.44. The Balaban J connectivity index is 2.17. The lowest BCUT2D eigenvalue weighted by Crippen LogP contribution is -2.28. The van der Waals surface area contributed by atoms with Gasteiger partial charge in [-0.15, -0.1) is 0 Å². The zero-order valence-electron chi connectivity index (χ0n) is 7.04. The number of ether oxygens (including phenoxy) is 2. The van der Waals surface area contributed by atoms with E-state index in [1.807, 2.05) is 6.92 Å². The van der Waals surface area contributed by atoms with Crippen molar-refractivity contribution < 1.29 is 9.47 Å². The number of hydrogen-bond donors (Lipinski definition) is 0. The zero-order valence-corrected chi connectivity index (χ0v) is 7.04. The lowest BCUT2D eigenvalue weighted by atomic mass is 9.67. The first kappa shape index (κ1) is 7.62. The molecule has 2 rings (SSSR count). The highest BCUT2D eigenvalue weighted by molar-refractivity contribution is 6.15. The molecular formula is C8H13BO2. The summed E-state index contributed by atoms with van der Waals surface area (Å²) >= 11 is 0. The minimum atomic E-state index is -0.268. The molecular weight excluding hydrogens is 139 g/mol. The molecule has 2 radical (unpaired) electrons. The van der Waals surface area contributed by atoms with E-state index in [2.05, 4.69) is 6.92 Å². The summed E-state index contributed by atoms with van der Waals surface area (Å²) in [5, 5.41) is -0.268. The second kappa shape index (κ2) is 2.24. The summed E-state index contributed by atoms with van der Waals surface area (Å²) in [5.41, 5.74) is 0. The first-order valence-electron chi connectivity index (χ1n) is 4.13. The third-order valence-electron chi connectivity index (χ3n) is 2.63. The lowest BCUT2D eigenvalue weighted by Gasteiger charge is -2.22. The molecule has 60 valence electrons. The van der Waals surface area contributed by atoms with Crippen LogP contribution in [0.25, 0.3) is 0 Å². The third kappa shape index (κ3) is 1.02. The van der Waals surface area contributed by atoms with E-state index in [9.17, 15) is 0 Å². The van der Waals surface area contributed by atoms with Crippen molar-refractivity contribution >= 4 is 7.85 Å². The van der Waals surface area contributed by atoms with Gasteiger partial charge in [0.1, 0.15) is 0 Å². The first-order chi connectivity index (χ1) is 5.11. The summed E-state index contributed by atoms with van der Waals surface area (Å²) in [5.74, 6) is 0.505. The van der Waals surface area contributed by atoms with Gasteiger partial charge in [-0.1, -0.05) is 13.8 Å². The Hall–Kier alpha value is -0.0151. The normalized spacial score (nSPS) is 56.4. The third-order valence-corrected chi connectivity index (χ3v) is 2.63. The monoisotopic (exact) mass is 152 g/mol. The second-order valence-corrected chi connectivity index (χ2v) is 4.01. The van der Waals surface area contributed by atoms with Crippen molar-refractivity contribution in [2.24, 2.45) is 5.92 Å². The summed E-state index contributed by atoms with van der Waals surface area (Å²) in [7, 11) is 5.98. The summed E-state index contributed by atoms with van der Waals surface area (Å²) in [6.07, 6.45) is 0.363. The fraction of sp³-hybridized carbons (Fsp3) is 1.00. The van der Waals surface area contributed by atoms with Gasteiger partial charge in [0.05, 0.1) is 26.7 Å². The molecule has 4 atom stereocenters. The van der Waals surface area contributed by atoms with Crippen LogP contribution in [0.4, 0.5) is 0 Å². The van der Waals surface area contributed by atoms with Crippen LogP contribution in [0.5, 0.6) is 0 Å². The maximum absolute atomic E-state index is 5.98. The Kier molecular flexibility index (Phi) is 1.55. The van der Waals surface area contributed by atoms with Gasteiger partial charge in [-0.25, -0.2) is 0 Å². The molecule has 2 aliphatic heterocycles. The molecule has 2 fully saturated rings. The molecule has 0 aliphatic carbocycles. The second-order valence-electron chi connectivity index (χ2n) is 4.01. The van der Waals surface area contributed by atoms with Crippen molar-refractivity contribution in [2.75, 3.05) is 13.2 Å².